The number of rotatable bonds is 8. The fourth-order valence-electron chi connectivity index (χ4n) is 1.43. The molecule has 0 radical (unpaired) electrons. The Kier molecular flexibility index (Phi) is 5.85. The number of hydrogen-bond acceptors (Lipinski definition) is 5. The van der Waals surface area contributed by atoms with Crippen LogP contribution < -0.4 is 5.32 Å². The lowest BCUT2D eigenvalue weighted by Gasteiger charge is -2.24. The summed E-state index contributed by atoms with van der Waals surface area (Å²) in [5, 5.41) is 4.29. The second kappa shape index (κ2) is 6.91. The van der Waals surface area contributed by atoms with E-state index in [1.54, 1.807) is 7.11 Å². The fraction of sp³-hybridized carbons (Fsp3) is 0.833. The molecule has 0 fully saturated rings. The van der Waals surface area contributed by atoms with Crippen molar-refractivity contribution >= 4 is 16.7 Å². The Balaban J connectivity index is 2.37. The third-order valence-electron chi connectivity index (χ3n) is 2.64. The van der Waals surface area contributed by atoms with Gasteiger partial charge in [0, 0.05) is 38.2 Å². The van der Waals surface area contributed by atoms with Crippen LogP contribution in [0.25, 0.3) is 0 Å². The third kappa shape index (κ3) is 5.46. The fourth-order valence-corrected chi connectivity index (χ4v) is 2.04. The molecule has 17 heavy (non-hydrogen) atoms. The molecule has 0 aliphatic heterocycles. The van der Waals surface area contributed by atoms with Crippen molar-refractivity contribution in [2.45, 2.75) is 40.0 Å². The van der Waals surface area contributed by atoms with Crippen LogP contribution in [0.2, 0.25) is 0 Å². The maximum absolute atomic E-state index is 5.11. The summed E-state index contributed by atoms with van der Waals surface area (Å²) < 4.78 is 9.42. The van der Waals surface area contributed by atoms with Crippen LogP contribution in [0.5, 0.6) is 0 Å². The molecule has 0 atom stereocenters. The normalized spacial score (nSPS) is 11.8. The molecule has 1 N–H and O–H groups in total. The van der Waals surface area contributed by atoms with E-state index >= 15 is 0 Å². The Hall–Kier alpha value is -0.680. The Morgan fingerprint density at radius 1 is 1.41 bits per heavy atom. The summed E-state index contributed by atoms with van der Waals surface area (Å²) in [5.74, 6) is 0.953. The summed E-state index contributed by atoms with van der Waals surface area (Å²) in [7, 11) is 1.74. The van der Waals surface area contributed by atoms with Gasteiger partial charge in [0.1, 0.15) is 5.82 Å². The predicted molar refractivity (Wildman–Crippen MR) is 72.7 cm³/mol. The van der Waals surface area contributed by atoms with E-state index in [-0.39, 0.29) is 5.41 Å². The first kappa shape index (κ1) is 14.4. The smallest absolute Gasteiger partial charge is 0.202 e. The molecule has 0 saturated heterocycles. The Morgan fingerprint density at radius 3 is 2.82 bits per heavy atom. The van der Waals surface area contributed by atoms with Gasteiger partial charge in [-0.15, -0.1) is 0 Å². The van der Waals surface area contributed by atoms with Gasteiger partial charge in [0.25, 0.3) is 0 Å². The Labute approximate surface area is 108 Å². The van der Waals surface area contributed by atoms with Gasteiger partial charge in [0.2, 0.25) is 5.13 Å². The number of ether oxygens (including phenoxy) is 1. The summed E-state index contributed by atoms with van der Waals surface area (Å²) in [6.45, 7) is 8.30. The molecule has 0 aliphatic carbocycles. The zero-order valence-electron chi connectivity index (χ0n) is 11.2. The topological polar surface area (TPSA) is 47.0 Å². The standard InChI is InChI=1S/C12H23N3OS/c1-5-6-10-14-11(17-15-10)13-9-12(2,3)7-8-16-4/h5-9H2,1-4H3,(H,13,14,15). The quantitative estimate of drug-likeness (QED) is 0.778. The van der Waals surface area contributed by atoms with Crippen molar-refractivity contribution < 1.29 is 4.74 Å². The van der Waals surface area contributed by atoms with Crippen molar-refractivity contribution in [2.75, 3.05) is 25.6 Å². The minimum atomic E-state index is 0.215. The van der Waals surface area contributed by atoms with E-state index < -0.39 is 0 Å². The molecule has 98 valence electrons. The maximum atomic E-state index is 5.11. The SMILES string of the molecule is CCCc1nsc(NCC(C)(C)CCOC)n1. The van der Waals surface area contributed by atoms with Crippen molar-refractivity contribution in [1.82, 2.24) is 9.36 Å². The van der Waals surface area contributed by atoms with Gasteiger partial charge in [-0.2, -0.15) is 4.37 Å². The summed E-state index contributed by atoms with van der Waals surface area (Å²) in [5.41, 5.74) is 0.215. The van der Waals surface area contributed by atoms with Crippen LogP contribution in [0.4, 0.5) is 5.13 Å². The first-order chi connectivity index (χ1) is 8.07. The third-order valence-corrected chi connectivity index (χ3v) is 3.35. The lowest BCUT2D eigenvalue weighted by molar-refractivity contribution is 0.157. The number of methoxy groups -OCH3 is 1. The average molecular weight is 257 g/mol. The Bertz CT molecular complexity index is 325. The second-order valence-corrected chi connectivity index (χ2v) is 5.78. The highest BCUT2D eigenvalue weighted by atomic mass is 32.1. The highest BCUT2D eigenvalue weighted by Crippen LogP contribution is 2.22. The van der Waals surface area contributed by atoms with Gasteiger partial charge in [0.05, 0.1) is 0 Å². The van der Waals surface area contributed by atoms with Crippen molar-refractivity contribution in [3.63, 3.8) is 0 Å². The highest BCUT2D eigenvalue weighted by molar-refractivity contribution is 7.09. The highest BCUT2D eigenvalue weighted by Gasteiger charge is 2.17. The van der Waals surface area contributed by atoms with E-state index in [1.165, 1.54) is 11.5 Å². The number of nitrogens with zero attached hydrogens (tertiary/aromatic N) is 2. The molecule has 0 amide bonds. The van der Waals surface area contributed by atoms with Crippen LogP contribution in [0.3, 0.4) is 0 Å². The van der Waals surface area contributed by atoms with Gasteiger partial charge in [-0.05, 0) is 18.3 Å². The molecule has 5 heteroatoms. The van der Waals surface area contributed by atoms with E-state index in [2.05, 4.69) is 35.4 Å². The van der Waals surface area contributed by atoms with E-state index in [0.29, 0.717) is 0 Å². The zero-order chi connectivity index (χ0) is 12.7. The Morgan fingerprint density at radius 2 is 2.18 bits per heavy atom. The van der Waals surface area contributed by atoms with E-state index in [1.807, 2.05) is 0 Å². The maximum Gasteiger partial charge on any atom is 0.202 e. The minimum Gasteiger partial charge on any atom is -0.385 e. The van der Waals surface area contributed by atoms with Gasteiger partial charge in [-0.3, -0.25) is 0 Å². The van der Waals surface area contributed by atoms with E-state index in [9.17, 15) is 0 Å². The molecule has 0 unspecified atom stereocenters. The lowest BCUT2D eigenvalue weighted by Crippen LogP contribution is -2.24. The number of aromatic nitrogens is 2. The van der Waals surface area contributed by atoms with E-state index in [4.69, 9.17) is 4.74 Å². The first-order valence-electron chi connectivity index (χ1n) is 6.13. The van der Waals surface area contributed by atoms with Crippen LogP contribution in [-0.2, 0) is 11.2 Å². The largest absolute Gasteiger partial charge is 0.385 e. The van der Waals surface area contributed by atoms with Gasteiger partial charge in [-0.25, -0.2) is 4.98 Å². The summed E-state index contributed by atoms with van der Waals surface area (Å²) in [6, 6.07) is 0. The summed E-state index contributed by atoms with van der Waals surface area (Å²) in [4.78, 5) is 4.45. The van der Waals surface area contributed by atoms with E-state index in [0.717, 1.165) is 43.4 Å². The van der Waals surface area contributed by atoms with Crippen molar-refractivity contribution in [2.24, 2.45) is 5.41 Å². The number of aryl methyl sites for hydroxylation is 1. The predicted octanol–water partition coefficient (Wildman–Crippen LogP) is 2.97. The summed E-state index contributed by atoms with van der Waals surface area (Å²) >= 11 is 1.45. The van der Waals surface area contributed by atoms with Crippen LogP contribution in [0, 0.1) is 5.41 Å². The van der Waals surface area contributed by atoms with Crippen LogP contribution in [0.15, 0.2) is 0 Å². The lowest BCUT2D eigenvalue weighted by atomic mass is 9.90. The molecule has 0 aliphatic rings. The molecule has 1 heterocycles. The molecule has 1 aromatic heterocycles. The monoisotopic (exact) mass is 257 g/mol. The molecule has 0 spiro atoms. The molecular weight excluding hydrogens is 234 g/mol. The van der Waals surface area contributed by atoms with Gasteiger partial charge < -0.3 is 10.1 Å². The number of anilines is 1. The van der Waals surface area contributed by atoms with Crippen molar-refractivity contribution in [1.29, 1.82) is 0 Å². The van der Waals surface area contributed by atoms with Gasteiger partial charge in [-0.1, -0.05) is 20.8 Å². The molecule has 1 rings (SSSR count). The minimum absolute atomic E-state index is 0.215. The molecule has 0 aromatic carbocycles. The molecular formula is C12H23N3OS. The van der Waals surface area contributed by atoms with Gasteiger partial charge >= 0.3 is 0 Å². The number of hydrogen-bond donors (Lipinski definition) is 1. The first-order valence-corrected chi connectivity index (χ1v) is 6.90. The average Bonchev–Trinajstić information content (AvgIpc) is 2.73. The summed E-state index contributed by atoms with van der Waals surface area (Å²) in [6.07, 6.45) is 3.10. The molecule has 1 aromatic rings. The second-order valence-electron chi connectivity index (χ2n) is 5.03. The van der Waals surface area contributed by atoms with Gasteiger partial charge in [0.15, 0.2) is 0 Å². The van der Waals surface area contributed by atoms with Crippen molar-refractivity contribution in [3.05, 3.63) is 5.82 Å². The van der Waals surface area contributed by atoms with Crippen LogP contribution in [-0.4, -0.2) is 29.6 Å². The zero-order valence-corrected chi connectivity index (χ0v) is 12.1. The molecule has 0 bridgehead atoms. The molecule has 4 nitrogen and oxygen atoms in total. The van der Waals surface area contributed by atoms with Crippen molar-refractivity contribution in [3.8, 4) is 0 Å². The number of nitrogens with one attached hydrogen (secondary N) is 1. The molecule has 0 saturated carbocycles. The van der Waals surface area contributed by atoms with Crippen LogP contribution in [0.1, 0.15) is 39.4 Å². The van der Waals surface area contributed by atoms with Crippen LogP contribution >= 0.6 is 11.5 Å².